The quantitative estimate of drug-likeness (QED) is 0.163. The summed E-state index contributed by atoms with van der Waals surface area (Å²) >= 11 is 0. The summed E-state index contributed by atoms with van der Waals surface area (Å²) in [6.07, 6.45) is -0.777. The second-order valence-electron chi connectivity index (χ2n) is 6.95. The first-order chi connectivity index (χ1) is 14.9. The number of carbonyl (C=O) groups excluding carboxylic acids is 3. The molecular formula is C19H26N4O9. The molecule has 1 aromatic carbocycles. The Hall–Kier alpha value is -3.71. The first-order valence-electron chi connectivity index (χ1n) is 9.44. The van der Waals surface area contributed by atoms with Crippen LogP contribution in [-0.4, -0.2) is 80.9 Å². The molecule has 1 aromatic rings. The van der Waals surface area contributed by atoms with Crippen LogP contribution in [0.25, 0.3) is 0 Å². The number of aromatic hydroxyl groups is 1. The molecule has 0 aliphatic rings. The summed E-state index contributed by atoms with van der Waals surface area (Å²) < 4.78 is 0. The number of rotatable bonds is 12. The largest absolute Gasteiger partial charge is 0.508 e. The maximum atomic E-state index is 12.3. The third kappa shape index (κ3) is 8.57. The molecule has 13 nitrogen and oxygen atoms in total. The Labute approximate surface area is 182 Å². The van der Waals surface area contributed by atoms with Crippen LogP contribution in [0.2, 0.25) is 0 Å². The van der Waals surface area contributed by atoms with E-state index in [4.69, 9.17) is 15.9 Å². The van der Waals surface area contributed by atoms with Crippen molar-refractivity contribution < 1.29 is 44.4 Å². The van der Waals surface area contributed by atoms with E-state index in [2.05, 4.69) is 10.6 Å². The zero-order valence-electron chi connectivity index (χ0n) is 17.1. The number of carboxylic acids is 2. The van der Waals surface area contributed by atoms with Crippen molar-refractivity contribution in [3.63, 3.8) is 0 Å². The third-order valence-corrected chi connectivity index (χ3v) is 4.29. The number of carbonyl (C=O) groups is 5. The number of phenols is 1. The molecular weight excluding hydrogens is 428 g/mol. The van der Waals surface area contributed by atoms with E-state index in [9.17, 15) is 34.2 Å². The van der Waals surface area contributed by atoms with E-state index in [1.807, 2.05) is 5.32 Å². The van der Waals surface area contributed by atoms with E-state index in [1.165, 1.54) is 19.1 Å². The highest BCUT2D eigenvalue weighted by atomic mass is 16.4. The number of nitrogens with one attached hydrogen (secondary N) is 3. The molecule has 4 unspecified atom stereocenters. The standard InChI is InChI=1S/C19H26N4O9/c1-9(16(28)22-13(19(31)32)7-15(26)27)21-18(30)14(8-24)23-17(29)12(20)6-10-2-4-11(25)5-3-10/h2-5,9,12-14,24-25H,6-8,20H2,1H3,(H,21,30)(H,22,28)(H,23,29)(H,26,27)(H,31,32). The number of aliphatic carboxylic acids is 2. The van der Waals surface area contributed by atoms with Gasteiger partial charge in [0.15, 0.2) is 0 Å². The summed E-state index contributed by atoms with van der Waals surface area (Å²) in [6.45, 7) is 0.397. The van der Waals surface area contributed by atoms with Crippen molar-refractivity contribution in [2.24, 2.45) is 5.73 Å². The van der Waals surface area contributed by atoms with Gasteiger partial charge < -0.3 is 42.1 Å². The molecule has 0 radical (unpaired) electrons. The van der Waals surface area contributed by atoms with Gasteiger partial charge in [0.2, 0.25) is 17.7 Å². The number of aliphatic hydroxyl groups is 1. The van der Waals surface area contributed by atoms with Gasteiger partial charge in [-0.1, -0.05) is 12.1 Å². The van der Waals surface area contributed by atoms with Gasteiger partial charge in [-0.25, -0.2) is 4.79 Å². The highest BCUT2D eigenvalue weighted by Crippen LogP contribution is 2.11. The molecule has 32 heavy (non-hydrogen) atoms. The number of aliphatic hydroxyl groups excluding tert-OH is 1. The normalized spacial score (nSPS) is 14.3. The van der Waals surface area contributed by atoms with Crippen molar-refractivity contribution in [1.82, 2.24) is 16.0 Å². The van der Waals surface area contributed by atoms with Crippen LogP contribution in [0.3, 0.4) is 0 Å². The minimum Gasteiger partial charge on any atom is -0.508 e. The Kier molecular flexibility index (Phi) is 10.1. The molecule has 0 saturated carbocycles. The Bertz CT molecular complexity index is 844. The van der Waals surface area contributed by atoms with Crippen LogP contribution in [0, 0.1) is 0 Å². The molecule has 0 aromatic heterocycles. The summed E-state index contributed by atoms with van der Waals surface area (Å²) in [5.41, 5.74) is 6.46. The topological polar surface area (TPSA) is 228 Å². The number of nitrogens with two attached hydrogens (primary N) is 1. The van der Waals surface area contributed by atoms with E-state index in [0.717, 1.165) is 0 Å². The lowest BCUT2D eigenvalue weighted by Gasteiger charge is -2.22. The molecule has 176 valence electrons. The lowest BCUT2D eigenvalue weighted by Crippen LogP contribution is -2.57. The van der Waals surface area contributed by atoms with E-state index >= 15 is 0 Å². The van der Waals surface area contributed by atoms with Crippen molar-refractivity contribution in [3.05, 3.63) is 29.8 Å². The summed E-state index contributed by atoms with van der Waals surface area (Å²) in [5.74, 6) is -5.63. The number of benzene rings is 1. The van der Waals surface area contributed by atoms with Crippen LogP contribution in [-0.2, 0) is 30.4 Å². The lowest BCUT2D eigenvalue weighted by molar-refractivity contribution is -0.147. The summed E-state index contributed by atoms with van der Waals surface area (Å²) in [4.78, 5) is 58.3. The van der Waals surface area contributed by atoms with E-state index < -0.39 is 66.9 Å². The van der Waals surface area contributed by atoms with Gasteiger partial charge in [0.05, 0.1) is 19.1 Å². The van der Waals surface area contributed by atoms with Gasteiger partial charge in [0.25, 0.3) is 0 Å². The highest BCUT2D eigenvalue weighted by Gasteiger charge is 2.29. The average molecular weight is 454 g/mol. The molecule has 9 N–H and O–H groups in total. The fraction of sp³-hybridized carbons (Fsp3) is 0.421. The number of carboxylic acid groups (broad SMARTS) is 2. The first-order valence-corrected chi connectivity index (χ1v) is 9.44. The molecule has 0 saturated heterocycles. The van der Waals surface area contributed by atoms with E-state index in [1.54, 1.807) is 12.1 Å². The highest BCUT2D eigenvalue weighted by molar-refractivity contribution is 5.94. The third-order valence-electron chi connectivity index (χ3n) is 4.29. The summed E-state index contributed by atoms with van der Waals surface area (Å²) in [6, 6.07) is 0.443. The van der Waals surface area contributed by atoms with E-state index in [-0.39, 0.29) is 12.2 Å². The molecule has 0 aliphatic carbocycles. The number of hydrogen-bond donors (Lipinski definition) is 8. The minimum atomic E-state index is -1.70. The SMILES string of the molecule is CC(NC(=O)C(CO)NC(=O)C(N)Cc1ccc(O)cc1)C(=O)NC(CC(=O)O)C(=O)O. The van der Waals surface area contributed by atoms with Crippen LogP contribution in [0.15, 0.2) is 24.3 Å². The van der Waals surface area contributed by atoms with Gasteiger partial charge in [0, 0.05) is 0 Å². The molecule has 0 fully saturated rings. The molecule has 13 heteroatoms. The molecule has 0 bridgehead atoms. The van der Waals surface area contributed by atoms with Crippen LogP contribution in [0.1, 0.15) is 18.9 Å². The lowest BCUT2D eigenvalue weighted by atomic mass is 10.1. The van der Waals surface area contributed by atoms with Gasteiger partial charge >= 0.3 is 11.9 Å². The zero-order valence-corrected chi connectivity index (χ0v) is 17.1. The predicted molar refractivity (Wildman–Crippen MR) is 108 cm³/mol. The second kappa shape index (κ2) is 12.2. The fourth-order valence-corrected chi connectivity index (χ4v) is 2.50. The van der Waals surface area contributed by atoms with Gasteiger partial charge in [-0.15, -0.1) is 0 Å². The fourth-order valence-electron chi connectivity index (χ4n) is 2.50. The van der Waals surface area contributed by atoms with Gasteiger partial charge in [0.1, 0.15) is 23.9 Å². The van der Waals surface area contributed by atoms with Crippen molar-refractivity contribution >= 4 is 29.7 Å². The van der Waals surface area contributed by atoms with Gasteiger partial charge in [-0.05, 0) is 31.0 Å². The molecule has 0 heterocycles. The van der Waals surface area contributed by atoms with Crippen molar-refractivity contribution in [1.29, 1.82) is 0 Å². The zero-order chi connectivity index (χ0) is 24.4. The van der Waals surface area contributed by atoms with Gasteiger partial charge in [-0.2, -0.15) is 0 Å². The predicted octanol–water partition coefficient (Wildman–Crippen LogP) is -2.71. The molecule has 4 atom stereocenters. The smallest absolute Gasteiger partial charge is 0.326 e. The van der Waals surface area contributed by atoms with Crippen molar-refractivity contribution in [2.45, 2.75) is 43.9 Å². The number of phenolic OH excluding ortho intramolecular Hbond substituents is 1. The van der Waals surface area contributed by atoms with Crippen LogP contribution < -0.4 is 21.7 Å². The average Bonchev–Trinajstić information content (AvgIpc) is 2.72. The summed E-state index contributed by atoms with van der Waals surface area (Å²) in [7, 11) is 0. The van der Waals surface area contributed by atoms with Crippen LogP contribution in [0.4, 0.5) is 0 Å². The van der Waals surface area contributed by atoms with Crippen molar-refractivity contribution in [2.75, 3.05) is 6.61 Å². The van der Waals surface area contributed by atoms with E-state index in [0.29, 0.717) is 5.56 Å². The second-order valence-corrected chi connectivity index (χ2v) is 6.95. The Morgan fingerprint density at radius 3 is 1.97 bits per heavy atom. The van der Waals surface area contributed by atoms with Crippen LogP contribution >= 0.6 is 0 Å². The minimum absolute atomic E-state index is 0.0413. The maximum Gasteiger partial charge on any atom is 0.326 e. The molecule has 0 spiro atoms. The number of amides is 3. The Morgan fingerprint density at radius 2 is 1.47 bits per heavy atom. The molecule has 0 aliphatic heterocycles. The number of hydrogen-bond acceptors (Lipinski definition) is 8. The Balaban J connectivity index is 2.65. The van der Waals surface area contributed by atoms with Crippen LogP contribution in [0.5, 0.6) is 5.75 Å². The molecule has 1 rings (SSSR count). The first kappa shape index (κ1) is 26.3. The summed E-state index contributed by atoms with van der Waals surface area (Å²) in [5, 5.41) is 42.8. The van der Waals surface area contributed by atoms with Crippen molar-refractivity contribution in [3.8, 4) is 5.75 Å². The maximum absolute atomic E-state index is 12.3. The Morgan fingerprint density at radius 1 is 0.906 bits per heavy atom. The monoisotopic (exact) mass is 454 g/mol. The van der Waals surface area contributed by atoms with Gasteiger partial charge in [-0.3, -0.25) is 19.2 Å². The molecule has 3 amide bonds.